The number of hydrogen-bond donors (Lipinski definition) is 0. The number of methoxy groups -OCH3 is 1. The molecule has 0 amide bonds. The zero-order chi connectivity index (χ0) is 18.0. The van der Waals surface area contributed by atoms with Crippen LogP contribution in [0.4, 0.5) is 5.69 Å². The molecule has 1 heterocycles. The highest BCUT2D eigenvalue weighted by Gasteiger charge is 2.23. The molecule has 0 spiro atoms. The molecular formula is C18H12N2O5. The van der Waals surface area contributed by atoms with E-state index in [0.29, 0.717) is 10.9 Å². The SMILES string of the molecule is COC(=O)c1c(C(=O)c2ccc([N+](=O)[O-])cc2)cnc2ccccc12. The Morgan fingerprint density at radius 3 is 2.40 bits per heavy atom. The fourth-order valence-electron chi connectivity index (χ4n) is 2.53. The highest BCUT2D eigenvalue weighted by atomic mass is 16.6. The molecule has 0 fully saturated rings. The van der Waals surface area contributed by atoms with Gasteiger partial charge in [0.2, 0.25) is 0 Å². The molecule has 3 rings (SSSR count). The Bertz CT molecular complexity index is 996. The van der Waals surface area contributed by atoms with Gasteiger partial charge in [0.1, 0.15) is 0 Å². The second kappa shape index (κ2) is 6.48. The molecule has 0 radical (unpaired) electrons. The summed E-state index contributed by atoms with van der Waals surface area (Å²) in [6.45, 7) is 0. The first kappa shape index (κ1) is 16.3. The maximum atomic E-state index is 12.8. The van der Waals surface area contributed by atoms with Gasteiger partial charge in [-0.3, -0.25) is 19.9 Å². The van der Waals surface area contributed by atoms with Gasteiger partial charge in [-0.25, -0.2) is 4.79 Å². The Balaban J connectivity index is 2.15. The van der Waals surface area contributed by atoms with Crippen molar-refractivity contribution >= 4 is 28.3 Å². The molecule has 0 aliphatic heterocycles. The highest BCUT2D eigenvalue weighted by molar-refractivity contribution is 6.18. The third kappa shape index (κ3) is 2.94. The predicted molar refractivity (Wildman–Crippen MR) is 89.6 cm³/mol. The average molecular weight is 336 g/mol. The number of nitrogens with zero attached hydrogens (tertiary/aromatic N) is 2. The lowest BCUT2D eigenvalue weighted by molar-refractivity contribution is -0.384. The van der Waals surface area contributed by atoms with Crippen LogP contribution < -0.4 is 0 Å². The van der Waals surface area contributed by atoms with Gasteiger partial charge in [-0.05, 0) is 18.2 Å². The summed E-state index contributed by atoms with van der Waals surface area (Å²) >= 11 is 0. The van der Waals surface area contributed by atoms with Crippen LogP contribution in [0.1, 0.15) is 26.3 Å². The van der Waals surface area contributed by atoms with Crippen LogP contribution in [0.2, 0.25) is 0 Å². The minimum Gasteiger partial charge on any atom is -0.465 e. The molecular weight excluding hydrogens is 324 g/mol. The summed E-state index contributed by atoms with van der Waals surface area (Å²) < 4.78 is 4.81. The second-order valence-electron chi connectivity index (χ2n) is 5.19. The summed E-state index contributed by atoms with van der Waals surface area (Å²) in [7, 11) is 1.23. The van der Waals surface area contributed by atoms with Crippen LogP contribution in [-0.2, 0) is 4.74 Å². The molecule has 0 aliphatic rings. The van der Waals surface area contributed by atoms with E-state index in [1.807, 2.05) is 0 Å². The molecule has 124 valence electrons. The van der Waals surface area contributed by atoms with Gasteiger partial charge in [0.05, 0.1) is 28.7 Å². The molecule has 7 nitrogen and oxygen atoms in total. The Hall–Kier alpha value is -3.61. The zero-order valence-corrected chi connectivity index (χ0v) is 13.1. The van der Waals surface area contributed by atoms with Crippen molar-refractivity contribution in [3.05, 3.63) is 81.5 Å². The number of esters is 1. The maximum absolute atomic E-state index is 12.8. The van der Waals surface area contributed by atoms with Crippen LogP contribution in [0.25, 0.3) is 10.9 Å². The lowest BCUT2D eigenvalue weighted by Crippen LogP contribution is -2.13. The maximum Gasteiger partial charge on any atom is 0.339 e. The Labute approximate surface area is 142 Å². The summed E-state index contributed by atoms with van der Waals surface area (Å²) in [4.78, 5) is 39.4. The van der Waals surface area contributed by atoms with E-state index in [9.17, 15) is 19.7 Å². The van der Waals surface area contributed by atoms with Gasteiger partial charge >= 0.3 is 5.97 Å². The number of fused-ring (bicyclic) bond motifs is 1. The topological polar surface area (TPSA) is 99.4 Å². The van der Waals surface area contributed by atoms with Crippen molar-refractivity contribution in [3.63, 3.8) is 0 Å². The van der Waals surface area contributed by atoms with Crippen LogP contribution in [0.5, 0.6) is 0 Å². The summed E-state index contributed by atoms with van der Waals surface area (Å²) in [5.74, 6) is -1.11. The third-order valence-corrected chi connectivity index (χ3v) is 3.75. The summed E-state index contributed by atoms with van der Waals surface area (Å²) in [6, 6.07) is 12.1. The standard InChI is InChI=1S/C18H12N2O5/c1-25-18(22)16-13-4-2-3-5-15(13)19-10-14(16)17(21)11-6-8-12(9-7-11)20(23)24/h2-10H,1H3. The molecule has 0 atom stereocenters. The second-order valence-corrected chi connectivity index (χ2v) is 5.19. The van der Waals surface area contributed by atoms with E-state index in [0.717, 1.165) is 0 Å². The van der Waals surface area contributed by atoms with E-state index in [1.54, 1.807) is 24.3 Å². The smallest absolute Gasteiger partial charge is 0.339 e. The number of hydrogen-bond acceptors (Lipinski definition) is 6. The molecule has 0 saturated carbocycles. The third-order valence-electron chi connectivity index (χ3n) is 3.75. The predicted octanol–water partition coefficient (Wildman–Crippen LogP) is 3.16. The fourth-order valence-corrected chi connectivity index (χ4v) is 2.53. The molecule has 0 bridgehead atoms. The molecule has 1 aromatic heterocycles. The van der Waals surface area contributed by atoms with Crippen molar-refractivity contribution in [2.45, 2.75) is 0 Å². The zero-order valence-electron chi connectivity index (χ0n) is 13.1. The number of rotatable bonds is 4. The first-order chi connectivity index (χ1) is 12.0. The number of nitro groups is 1. The van der Waals surface area contributed by atoms with E-state index < -0.39 is 16.7 Å². The van der Waals surface area contributed by atoms with Gasteiger partial charge in [-0.2, -0.15) is 0 Å². The first-order valence-corrected chi connectivity index (χ1v) is 7.28. The number of carbonyl (C=O) groups is 2. The van der Waals surface area contributed by atoms with E-state index in [4.69, 9.17) is 4.74 Å². The lowest BCUT2D eigenvalue weighted by Gasteiger charge is -2.10. The summed E-state index contributed by atoms with van der Waals surface area (Å²) in [5, 5.41) is 11.2. The van der Waals surface area contributed by atoms with Crippen molar-refractivity contribution in [1.29, 1.82) is 0 Å². The summed E-state index contributed by atoms with van der Waals surface area (Å²) in [6.07, 6.45) is 1.32. The van der Waals surface area contributed by atoms with E-state index in [1.165, 1.54) is 37.6 Å². The van der Waals surface area contributed by atoms with E-state index in [2.05, 4.69) is 4.98 Å². The highest BCUT2D eigenvalue weighted by Crippen LogP contribution is 2.24. The van der Waals surface area contributed by atoms with Gasteiger partial charge in [-0.15, -0.1) is 0 Å². The minimum atomic E-state index is -0.649. The number of ether oxygens (including phenoxy) is 1. The van der Waals surface area contributed by atoms with Crippen LogP contribution in [0.3, 0.4) is 0 Å². The van der Waals surface area contributed by atoms with Gasteiger partial charge in [-0.1, -0.05) is 18.2 Å². The van der Waals surface area contributed by atoms with Crippen LogP contribution >= 0.6 is 0 Å². The molecule has 0 N–H and O–H groups in total. The van der Waals surface area contributed by atoms with Crippen molar-refractivity contribution in [2.24, 2.45) is 0 Å². The fraction of sp³-hybridized carbons (Fsp3) is 0.0556. The van der Waals surface area contributed by atoms with Gasteiger partial charge in [0, 0.05) is 29.3 Å². The Kier molecular flexibility index (Phi) is 4.21. The number of ketones is 1. The van der Waals surface area contributed by atoms with Crippen LogP contribution in [0.15, 0.2) is 54.7 Å². The number of aromatic nitrogens is 1. The van der Waals surface area contributed by atoms with Crippen molar-refractivity contribution in [3.8, 4) is 0 Å². The largest absolute Gasteiger partial charge is 0.465 e. The molecule has 0 unspecified atom stereocenters. The number of non-ortho nitro benzene ring substituents is 1. The van der Waals surface area contributed by atoms with E-state index in [-0.39, 0.29) is 22.4 Å². The summed E-state index contributed by atoms with van der Waals surface area (Å²) in [5.41, 5.74) is 0.855. The Morgan fingerprint density at radius 2 is 1.76 bits per heavy atom. The van der Waals surface area contributed by atoms with Gasteiger partial charge in [0.25, 0.3) is 5.69 Å². The van der Waals surface area contributed by atoms with E-state index >= 15 is 0 Å². The number of benzene rings is 2. The normalized spacial score (nSPS) is 10.4. The van der Waals surface area contributed by atoms with Gasteiger partial charge < -0.3 is 4.74 Å². The monoisotopic (exact) mass is 336 g/mol. The number of pyridine rings is 1. The molecule has 2 aromatic carbocycles. The van der Waals surface area contributed by atoms with Crippen LogP contribution in [-0.4, -0.2) is 28.8 Å². The molecule has 3 aromatic rings. The molecule has 7 heteroatoms. The minimum absolute atomic E-state index is 0.0828. The first-order valence-electron chi connectivity index (χ1n) is 7.28. The average Bonchev–Trinajstić information content (AvgIpc) is 2.66. The van der Waals surface area contributed by atoms with Crippen molar-refractivity contribution in [1.82, 2.24) is 4.98 Å². The van der Waals surface area contributed by atoms with Crippen molar-refractivity contribution in [2.75, 3.05) is 7.11 Å². The van der Waals surface area contributed by atoms with Crippen LogP contribution in [0, 0.1) is 10.1 Å². The molecule has 0 aliphatic carbocycles. The number of nitro benzene ring substituents is 1. The molecule has 0 saturated heterocycles. The van der Waals surface area contributed by atoms with Crippen molar-refractivity contribution < 1.29 is 19.2 Å². The quantitative estimate of drug-likeness (QED) is 0.314. The molecule has 25 heavy (non-hydrogen) atoms. The number of carbonyl (C=O) groups excluding carboxylic acids is 2. The number of para-hydroxylation sites is 1. The Morgan fingerprint density at radius 1 is 1.08 bits per heavy atom. The van der Waals surface area contributed by atoms with Gasteiger partial charge in [0.15, 0.2) is 5.78 Å². The lowest BCUT2D eigenvalue weighted by atomic mass is 9.96.